The number of para-hydroxylation sites is 1. The topological polar surface area (TPSA) is 114 Å². The highest BCUT2D eigenvalue weighted by Gasteiger charge is 2.26. The fourth-order valence-electron chi connectivity index (χ4n) is 4.24. The van der Waals surface area contributed by atoms with Crippen molar-refractivity contribution in [3.63, 3.8) is 0 Å². The molecular formula is C25H25N7O4. The number of hydrogen-bond acceptors (Lipinski definition) is 8. The lowest BCUT2D eigenvalue weighted by molar-refractivity contribution is 0.0602. The second-order valence-corrected chi connectivity index (χ2v) is 8.14. The van der Waals surface area contributed by atoms with Gasteiger partial charge in [-0.2, -0.15) is 14.6 Å². The van der Waals surface area contributed by atoms with Crippen molar-refractivity contribution < 1.29 is 19.1 Å². The van der Waals surface area contributed by atoms with Crippen LogP contribution in [0.5, 0.6) is 5.75 Å². The number of nitrogens with zero attached hydrogens (tertiary/aromatic N) is 6. The molecule has 0 atom stereocenters. The molecule has 0 spiro atoms. The minimum absolute atomic E-state index is 0.276. The fourth-order valence-corrected chi connectivity index (χ4v) is 4.24. The molecular weight excluding hydrogens is 462 g/mol. The molecule has 1 saturated heterocycles. The third kappa shape index (κ3) is 4.38. The van der Waals surface area contributed by atoms with E-state index in [9.17, 15) is 9.59 Å². The Morgan fingerprint density at radius 1 is 0.944 bits per heavy atom. The Bertz CT molecular complexity index is 1400. The molecule has 1 N–H and O–H groups in total. The van der Waals surface area contributed by atoms with Gasteiger partial charge in [-0.15, -0.1) is 0 Å². The van der Waals surface area contributed by atoms with Crippen LogP contribution in [0.3, 0.4) is 0 Å². The number of hydrogen-bond donors (Lipinski definition) is 1. The predicted molar refractivity (Wildman–Crippen MR) is 133 cm³/mol. The Balaban J connectivity index is 1.36. The van der Waals surface area contributed by atoms with E-state index in [2.05, 4.69) is 25.3 Å². The second kappa shape index (κ2) is 9.90. The van der Waals surface area contributed by atoms with Crippen LogP contribution in [0.4, 0.5) is 16.3 Å². The standard InChI is InChI=1S/C25H25N7O4/c1-35-18-9-7-17(8-10-18)20-15-26-24-27-16-28-32(24)22(20)30-11-13-31(14-12-30)25(34)29-21-6-4-3-5-19(21)23(33)36-2/h3-10,15-16H,11-14H2,1-2H3,(H,29,34). The monoisotopic (exact) mass is 487 g/mol. The number of benzene rings is 2. The Kier molecular flexibility index (Phi) is 6.35. The lowest BCUT2D eigenvalue weighted by Gasteiger charge is -2.36. The average molecular weight is 488 g/mol. The number of amides is 2. The van der Waals surface area contributed by atoms with Gasteiger partial charge in [0.2, 0.25) is 0 Å². The van der Waals surface area contributed by atoms with Gasteiger partial charge in [-0.3, -0.25) is 0 Å². The smallest absolute Gasteiger partial charge is 0.339 e. The molecule has 2 aromatic carbocycles. The first-order chi connectivity index (χ1) is 17.6. The number of methoxy groups -OCH3 is 2. The maximum absolute atomic E-state index is 13.0. The quantitative estimate of drug-likeness (QED) is 0.428. The summed E-state index contributed by atoms with van der Waals surface area (Å²) >= 11 is 0. The number of carbonyl (C=O) groups is 2. The van der Waals surface area contributed by atoms with E-state index in [-0.39, 0.29) is 6.03 Å². The summed E-state index contributed by atoms with van der Waals surface area (Å²) in [5.41, 5.74) is 2.59. The lowest BCUT2D eigenvalue weighted by Crippen LogP contribution is -2.50. The van der Waals surface area contributed by atoms with E-state index in [1.165, 1.54) is 13.4 Å². The molecule has 4 aromatic rings. The summed E-state index contributed by atoms with van der Waals surface area (Å²) in [6.45, 7) is 2.11. The number of urea groups is 1. The van der Waals surface area contributed by atoms with Crippen LogP contribution in [0.2, 0.25) is 0 Å². The highest BCUT2D eigenvalue weighted by Crippen LogP contribution is 2.32. The highest BCUT2D eigenvalue weighted by atomic mass is 16.5. The summed E-state index contributed by atoms with van der Waals surface area (Å²) in [4.78, 5) is 37.6. The van der Waals surface area contributed by atoms with Gasteiger partial charge in [-0.1, -0.05) is 24.3 Å². The van der Waals surface area contributed by atoms with Crippen LogP contribution in [0.15, 0.2) is 61.1 Å². The van der Waals surface area contributed by atoms with E-state index in [4.69, 9.17) is 9.47 Å². The second-order valence-electron chi connectivity index (χ2n) is 8.14. The van der Waals surface area contributed by atoms with Crippen LogP contribution in [-0.4, -0.2) is 76.9 Å². The summed E-state index contributed by atoms with van der Waals surface area (Å²) in [6.07, 6.45) is 3.27. The SMILES string of the molecule is COC(=O)c1ccccc1NC(=O)N1CCN(c2c(-c3ccc(OC)cc3)cnc3ncnn23)CC1. The van der Waals surface area contributed by atoms with Crippen LogP contribution in [0.1, 0.15) is 10.4 Å². The van der Waals surface area contributed by atoms with E-state index in [1.54, 1.807) is 47.0 Å². The third-order valence-electron chi connectivity index (χ3n) is 6.12. The Hall–Kier alpha value is -4.67. The summed E-state index contributed by atoms with van der Waals surface area (Å²) in [7, 11) is 2.94. The van der Waals surface area contributed by atoms with Crippen molar-refractivity contribution in [3.8, 4) is 16.9 Å². The number of anilines is 2. The minimum Gasteiger partial charge on any atom is -0.497 e. The molecule has 0 bridgehead atoms. The molecule has 5 rings (SSSR count). The van der Waals surface area contributed by atoms with Gasteiger partial charge in [0.05, 0.1) is 25.5 Å². The van der Waals surface area contributed by atoms with Crippen molar-refractivity contribution in [1.29, 1.82) is 0 Å². The largest absolute Gasteiger partial charge is 0.497 e. The zero-order chi connectivity index (χ0) is 25.1. The molecule has 0 aliphatic carbocycles. The molecule has 2 aromatic heterocycles. The van der Waals surface area contributed by atoms with Crippen molar-refractivity contribution >= 4 is 29.3 Å². The molecule has 1 fully saturated rings. The molecule has 184 valence electrons. The number of esters is 1. The maximum atomic E-state index is 13.0. The van der Waals surface area contributed by atoms with E-state index in [0.29, 0.717) is 43.2 Å². The van der Waals surface area contributed by atoms with Crippen LogP contribution in [0.25, 0.3) is 16.9 Å². The van der Waals surface area contributed by atoms with Gasteiger partial charge in [-0.25, -0.2) is 14.6 Å². The van der Waals surface area contributed by atoms with Gasteiger partial charge in [0, 0.05) is 37.9 Å². The zero-order valence-corrected chi connectivity index (χ0v) is 19.9. The van der Waals surface area contributed by atoms with Crippen molar-refractivity contribution in [2.24, 2.45) is 0 Å². The number of aromatic nitrogens is 4. The number of nitrogens with one attached hydrogen (secondary N) is 1. The van der Waals surface area contributed by atoms with Crippen LogP contribution in [-0.2, 0) is 4.74 Å². The molecule has 1 aliphatic heterocycles. The van der Waals surface area contributed by atoms with Crippen molar-refractivity contribution in [3.05, 3.63) is 66.6 Å². The first-order valence-electron chi connectivity index (χ1n) is 11.4. The van der Waals surface area contributed by atoms with Crippen molar-refractivity contribution in [2.75, 3.05) is 50.6 Å². The zero-order valence-electron chi connectivity index (χ0n) is 19.9. The number of fused-ring (bicyclic) bond motifs is 1. The van der Waals surface area contributed by atoms with Crippen LogP contribution in [0, 0.1) is 0 Å². The summed E-state index contributed by atoms with van der Waals surface area (Å²) in [5.74, 6) is 1.63. The molecule has 11 heteroatoms. The van der Waals surface area contributed by atoms with E-state index >= 15 is 0 Å². The van der Waals surface area contributed by atoms with Gasteiger partial charge in [0.1, 0.15) is 17.9 Å². The normalized spacial score (nSPS) is 13.5. The lowest BCUT2D eigenvalue weighted by atomic mass is 10.1. The van der Waals surface area contributed by atoms with Gasteiger partial charge in [0.25, 0.3) is 5.78 Å². The fraction of sp³-hybridized carbons (Fsp3) is 0.240. The van der Waals surface area contributed by atoms with E-state index in [1.807, 2.05) is 24.3 Å². The molecule has 11 nitrogen and oxygen atoms in total. The molecule has 1 aliphatic rings. The van der Waals surface area contributed by atoms with E-state index in [0.717, 1.165) is 22.7 Å². The Morgan fingerprint density at radius 3 is 2.42 bits per heavy atom. The van der Waals surface area contributed by atoms with Crippen LogP contribution < -0.4 is 15.0 Å². The van der Waals surface area contributed by atoms with Gasteiger partial charge < -0.3 is 24.6 Å². The first kappa shape index (κ1) is 23.1. The van der Waals surface area contributed by atoms with Gasteiger partial charge >= 0.3 is 12.0 Å². The molecule has 3 heterocycles. The third-order valence-corrected chi connectivity index (χ3v) is 6.12. The predicted octanol–water partition coefficient (Wildman–Crippen LogP) is 2.94. The molecule has 0 radical (unpaired) electrons. The number of ether oxygens (including phenoxy) is 2. The van der Waals surface area contributed by atoms with Gasteiger partial charge in [0.15, 0.2) is 0 Å². The van der Waals surface area contributed by atoms with Crippen molar-refractivity contribution in [1.82, 2.24) is 24.5 Å². The summed E-state index contributed by atoms with van der Waals surface area (Å²) < 4.78 is 11.8. The summed E-state index contributed by atoms with van der Waals surface area (Å²) in [5, 5.41) is 7.24. The van der Waals surface area contributed by atoms with Crippen LogP contribution >= 0.6 is 0 Å². The highest BCUT2D eigenvalue weighted by molar-refractivity contribution is 6.00. The summed E-state index contributed by atoms with van der Waals surface area (Å²) in [6, 6.07) is 14.3. The van der Waals surface area contributed by atoms with E-state index < -0.39 is 5.97 Å². The van der Waals surface area contributed by atoms with Gasteiger partial charge in [-0.05, 0) is 29.8 Å². The minimum atomic E-state index is -0.503. The maximum Gasteiger partial charge on any atom is 0.339 e. The Morgan fingerprint density at radius 2 is 1.69 bits per heavy atom. The molecule has 36 heavy (non-hydrogen) atoms. The molecule has 0 saturated carbocycles. The number of carbonyl (C=O) groups excluding carboxylic acids is 2. The number of piperazine rings is 1. The number of rotatable bonds is 5. The molecule has 0 unspecified atom stereocenters. The van der Waals surface area contributed by atoms with Crippen molar-refractivity contribution in [2.45, 2.75) is 0 Å². The molecule has 2 amide bonds. The average Bonchev–Trinajstić information content (AvgIpc) is 3.41. The first-order valence-corrected chi connectivity index (χ1v) is 11.4. The Labute approximate surface area is 207 Å².